The van der Waals surface area contributed by atoms with E-state index in [1.165, 1.54) is 44.9 Å². The van der Waals surface area contributed by atoms with Gasteiger partial charge in [0.15, 0.2) is 0 Å². The minimum Gasteiger partial charge on any atom is -0.394 e. The quantitative estimate of drug-likeness (QED) is 0.656. The van der Waals surface area contributed by atoms with Crippen LogP contribution in [0.1, 0.15) is 77.2 Å². The molecule has 3 atom stereocenters. The molecule has 1 aromatic carbocycles. The van der Waals surface area contributed by atoms with Crippen molar-refractivity contribution >= 4 is 16.9 Å². The molecule has 3 fully saturated rings. The lowest BCUT2D eigenvalue weighted by atomic mass is 9.87. The minimum absolute atomic E-state index is 0.00454. The first-order valence-corrected chi connectivity index (χ1v) is 14.5. The van der Waals surface area contributed by atoms with Gasteiger partial charge in [-0.3, -0.25) is 13.9 Å². The monoisotopic (exact) mass is 496 g/mol. The van der Waals surface area contributed by atoms with Crippen LogP contribution < -0.4 is 5.69 Å². The normalized spacial score (nSPS) is 26.8. The van der Waals surface area contributed by atoms with Crippen molar-refractivity contribution in [3.05, 3.63) is 34.7 Å². The molecule has 1 N–H and O–H groups in total. The number of para-hydroxylation sites is 2. The topological polar surface area (TPSA) is 70.7 Å². The van der Waals surface area contributed by atoms with Crippen molar-refractivity contribution in [1.29, 1.82) is 0 Å². The molecule has 5 rings (SSSR count). The Morgan fingerprint density at radius 3 is 2.39 bits per heavy atom. The first kappa shape index (κ1) is 25.5. The van der Waals surface area contributed by atoms with Crippen LogP contribution in [-0.2, 0) is 11.3 Å². The largest absolute Gasteiger partial charge is 0.394 e. The van der Waals surface area contributed by atoms with Gasteiger partial charge in [0.25, 0.3) is 0 Å². The van der Waals surface area contributed by atoms with Crippen molar-refractivity contribution in [1.82, 2.24) is 18.9 Å². The van der Waals surface area contributed by atoms with Crippen molar-refractivity contribution in [2.75, 3.05) is 32.8 Å². The van der Waals surface area contributed by atoms with Gasteiger partial charge in [0.1, 0.15) is 0 Å². The number of nitrogens with zero attached hydrogens (tertiary/aromatic N) is 4. The van der Waals surface area contributed by atoms with Crippen LogP contribution in [0.2, 0.25) is 0 Å². The summed E-state index contributed by atoms with van der Waals surface area (Å²) in [5.74, 6) is 0.562. The number of aryl methyl sites for hydroxylation is 1. The summed E-state index contributed by atoms with van der Waals surface area (Å²) >= 11 is 0. The molecule has 0 bridgehead atoms. The Bertz CT molecular complexity index is 1080. The average molecular weight is 497 g/mol. The molecule has 36 heavy (non-hydrogen) atoms. The van der Waals surface area contributed by atoms with Gasteiger partial charge in [0, 0.05) is 32.7 Å². The molecule has 0 unspecified atom stereocenters. The summed E-state index contributed by atoms with van der Waals surface area (Å²) in [6.07, 6.45) is 11.9. The van der Waals surface area contributed by atoms with Gasteiger partial charge in [-0.05, 0) is 57.1 Å². The van der Waals surface area contributed by atoms with E-state index in [-0.39, 0.29) is 36.2 Å². The van der Waals surface area contributed by atoms with Crippen LogP contribution >= 0.6 is 0 Å². The Kier molecular flexibility index (Phi) is 8.16. The number of aliphatic hydroxyl groups excluding tert-OH is 1. The fourth-order valence-corrected chi connectivity index (χ4v) is 7.20. The van der Waals surface area contributed by atoms with E-state index in [2.05, 4.69) is 4.90 Å². The molecule has 3 heterocycles. The second kappa shape index (κ2) is 11.5. The Morgan fingerprint density at radius 1 is 0.944 bits per heavy atom. The van der Waals surface area contributed by atoms with Gasteiger partial charge >= 0.3 is 5.69 Å². The van der Waals surface area contributed by atoms with Gasteiger partial charge in [-0.1, -0.05) is 44.2 Å². The predicted octanol–water partition coefficient (Wildman–Crippen LogP) is 4.03. The molecule has 7 heteroatoms. The van der Waals surface area contributed by atoms with E-state index in [1.807, 2.05) is 45.2 Å². The number of rotatable bonds is 6. The molecule has 198 valence electrons. The maximum atomic E-state index is 14.1. The highest BCUT2D eigenvalue weighted by Crippen LogP contribution is 2.35. The number of carbonyl (C=O) groups excluding carboxylic acids is 1. The smallest absolute Gasteiger partial charge is 0.329 e. The summed E-state index contributed by atoms with van der Waals surface area (Å²) in [6.45, 7) is 6.04. The van der Waals surface area contributed by atoms with Crippen molar-refractivity contribution in [2.45, 2.75) is 89.8 Å². The number of benzene rings is 1. The molecule has 0 spiro atoms. The van der Waals surface area contributed by atoms with Gasteiger partial charge in [-0.15, -0.1) is 0 Å². The number of piperidine rings is 1. The number of hydrogen-bond acceptors (Lipinski definition) is 4. The number of aromatic nitrogens is 2. The summed E-state index contributed by atoms with van der Waals surface area (Å²) < 4.78 is 3.77. The highest BCUT2D eigenvalue weighted by molar-refractivity contribution is 5.81. The molecule has 1 saturated carbocycles. The summed E-state index contributed by atoms with van der Waals surface area (Å²) in [7, 11) is 0. The average Bonchev–Trinajstić information content (AvgIpc) is 3.47. The maximum Gasteiger partial charge on any atom is 0.329 e. The lowest BCUT2D eigenvalue weighted by Crippen LogP contribution is -2.52. The molecule has 1 aromatic heterocycles. The van der Waals surface area contributed by atoms with E-state index in [1.54, 1.807) is 0 Å². The van der Waals surface area contributed by atoms with Gasteiger partial charge in [-0.25, -0.2) is 4.79 Å². The number of fused-ring (bicyclic) bond motifs is 1. The molecule has 2 saturated heterocycles. The molecule has 7 nitrogen and oxygen atoms in total. The fraction of sp³-hybridized carbons (Fsp3) is 0.724. The third-order valence-electron chi connectivity index (χ3n) is 9.11. The van der Waals surface area contributed by atoms with E-state index in [9.17, 15) is 14.7 Å². The molecule has 2 aromatic rings. The number of carbonyl (C=O) groups is 1. The summed E-state index contributed by atoms with van der Waals surface area (Å²) in [4.78, 5) is 32.2. The first-order valence-electron chi connectivity index (χ1n) is 14.5. The van der Waals surface area contributed by atoms with Gasteiger partial charge in [-0.2, -0.15) is 0 Å². The molecular weight excluding hydrogens is 452 g/mol. The molecule has 3 aliphatic rings. The van der Waals surface area contributed by atoms with E-state index in [0.717, 1.165) is 43.4 Å². The Balaban J connectivity index is 1.45. The fourth-order valence-electron chi connectivity index (χ4n) is 7.20. The van der Waals surface area contributed by atoms with Crippen LogP contribution in [0.15, 0.2) is 29.1 Å². The second-order valence-corrected chi connectivity index (χ2v) is 11.3. The highest BCUT2D eigenvalue weighted by atomic mass is 16.3. The number of aliphatic hydroxyl groups is 1. The standard InChI is InChI=1S/C29H44N4O3/c1-2-31-26-14-8-9-15-27(26)33(29(31)36)25-16-18-30(19-22-11-6-4-3-5-7-12-22)20-24(25)28(35)32-17-10-13-23(32)21-34/h8-9,14-15,22-25,34H,2-7,10-13,16-21H2,1H3/t23-,24+,25+/m1/s1. The zero-order valence-electron chi connectivity index (χ0n) is 22.0. The van der Waals surface area contributed by atoms with Crippen LogP contribution in [0.5, 0.6) is 0 Å². The second-order valence-electron chi connectivity index (χ2n) is 11.3. The SMILES string of the molecule is CCn1c(=O)n([C@H]2CCN(CC3CCCCCCC3)C[C@@H]2C(=O)N2CCC[C@@H]2CO)c2ccccc21. The Hall–Kier alpha value is -2.12. The van der Waals surface area contributed by atoms with Gasteiger partial charge < -0.3 is 14.9 Å². The molecule has 1 aliphatic carbocycles. The molecule has 0 radical (unpaired) electrons. The van der Waals surface area contributed by atoms with Crippen molar-refractivity contribution in [3.63, 3.8) is 0 Å². The van der Waals surface area contributed by atoms with Gasteiger partial charge in [0.05, 0.1) is 35.6 Å². The number of imidazole rings is 1. The van der Waals surface area contributed by atoms with E-state index < -0.39 is 0 Å². The van der Waals surface area contributed by atoms with Crippen LogP contribution in [0, 0.1) is 11.8 Å². The Morgan fingerprint density at radius 2 is 1.67 bits per heavy atom. The van der Waals surface area contributed by atoms with Crippen LogP contribution in [-0.4, -0.2) is 68.8 Å². The molecule has 2 aliphatic heterocycles. The summed E-state index contributed by atoms with van der Waals surface area (Å²) in [6, 6.07) is 7.76. The lowest BCUT2D eigenvalue weighted by molar-refractivity contribution is -0.141. The first-order chi connectivity index (χ1) is 17.6. The van der Waals surface area contributed by atoms with Crippen LogP contribution in [0.25, 0.3) is 11.0 Å². The lowest BCUT2D eigenvalue weighted by Gasteiger charge is -2.41. The maximum absolute atomic E-state index is 14.1. The van der Waals surface area contributed by atoms with Crippen molar-refractivity contribution in [3.8, 4) is 0 Å². The summed E-state index contributed by atoms with van der Waals surface area (Å²) in [5, 5.41) is 9.94. The summed E-state index contributed by atoms with van der Waals surface area (Å²) in [5.41, 5.74) is 1.87. The predicted molar refractivity (Wildman–Crippen MR) is 143 cm³/mol. The van der Waals surface area contributed by atoms with Gasteiger partial charge in [0.2, 0.25) is 5.91 Å². The minimum atomic E-state index is -0.270. The third kappa shape index (κ3) is 5.01. The number of amides is 1. The number of likely N-dealkylation sites (tertiary alicyclic amines) is 2. The van der Waals surface area contributed by atoms with Crippen LogP contribution in [0.3, 0.4) is 0 Å². The zero-order chi connectivity index (χ0) is 25.1. The molecular formula is C29H44N4O3. The highest BCUT2D eigenvalue weighted by Gasteiger charge is 2.42. The molecule has 1 amide bonds. The number of hydrogen-bond donors (Lipinski definition) is 1. The van der Waals surface area contributed by atoms with E-state index >= 15 is 0 Å². The van der Waals surface area contributed by atoms with E-state index in [0.29, 0.717) is 25.6 Å². The van der Waals surface area contributed by atoms with Crippen molar-refractivity contribution in [2.24, 2.45) is 11.8 Å². The van der Waals surface area contributed by atoms with Crippen molar-refractivity contribution < 1.29 is 9.90 Å². The van der Waals surface area contributed by atoms with E-state index in [4.69, 9.17) is 0 Å². The zero-order valence-corrected chi connectivity index (χ0v) is 22.0. The van der Waals surface area contributed by atoms with Crippen LogP contribution in [0.4, 0.5) is 0 Å². The third-order valence-corrected chi connectivity index (χ3v) is 9.11. The Labute approximate surface area is 215 Å².